The van der Waals surface area contributed by atoms with Crippen LogP contribution in [0.1, 0.15) is 16.1 Å². The summed E-state index contributed by atoms with van der Waals surface area (Å²) in [6.45, 7) is 0.338. The number of aromatic nitrogens is 1. The molecule has 3 rings (SSSR count). The molecule has 5 heteroatoms. The van der Waals surface area contributed by atoms with E-state index in [9.17, 15) is 9.59 Å². The summed E-state index contributed by atoms with van der Waals surface area (Å²) < 4.78 is 5.58. The van der Waals surface area contributed by atoms with Crippen molar-refractivity contribution in [3.05, 3.63) is 71.9 Å². The van der Waals surface area contributed by atoms with Crippen LogP contribution in [-0.4, -0.2) is 23.8 Å². The summed E-state index contributed by atoms with van der Waals surface area (Å²) in [5.41, 5.74) is 1.92. The first-order valence-electron chi connectivity index (χ1n) is 7.54. The molecule has 0 bridgehead atoms. The number of fused-ring (bicyclic) bond motifs is 1. The highest BCUT2D eigenvalue weighted by Crippen LogP contribution is 2.23. The van der Waals surface area contributed by atoms with Gasteiger partial charge in [-0.15, -0.1) is 0 Å². The number of aldehydes is 1. The third-order valence-corrected chi connectivity index (χ3v) is 3.52. The fraction of sp³-hybridized carbons (Fsp3) is 0.105. The largest absolute Gasteiger partial charge is 0.481 e. The van der Waals surface area contributed by atoms with Crippen molar-refractivity contribution < 1.29 is 14.3 Å². The van der Waals surface area contributed by atoms with E-state index in [1.165, 1.54) is 0 Å². The van der Waals surface area contributed by atoms with E-state index in [2.05, 4.69) is 10.3 Å². The molecule has 0 aliphatic carbocycles. The van der Waals surface area contributed by atoms with E-state index in [0.717, 1.165) is 10.9 Å². The summed E-state index contributed by atoms with van der Waals surface area (Å²) in [4.78, 5) is 27.1. The van der Waals surface area contributed by atoms with E-state index < -0.39 is 0 Å². The molecular weight excluding hydrogens is 304 g/mol. The van der Waals surface area contributed by atoms with Gasteiger partial charge in [-0.1, -0.05) is 48.5 Å². The van der Waals surface area contributed by atoms with Gasteiger partial charge in [0.2, 0.25) is 0 Å². The number of hydrogen-bond acceptors (Lipinski definition) is 4. The third kappa shape index (κ3) is 3.76. The van der Waals surface area contributed by atoms with Crippen LogP contribution in [0.4, 0.5) is 0 Å². The molecule has 0 unspecified atom stereocenters. The maximum absolute atomic E-state index is 11.9. The SMILES string of the molecule is O=Cc1ccc2cccc(OCC(=O)NCc3ccccc3)c2n1. The average molecular weight is 320 g/mol. The first kappa shape index (κ1) is 15.7. The second-order valence-electron chi connectivity index (χ2n) is 5.23. The number of nitrogens with zero attached hydrogens (tertiary/aromatic N) is 1. The Labute approximate surface area is 139 Å². The van der Waals surface area contributed by atoms with Crippen molar-refractivity contribution in [1.29, 1.82) is 0 Å². The van der Waals surface area contributed by atoms with Crippen molar-refractivity contribution in [3.63, 3.8) is 0 Å². The fourth-order valence-electron chi connectivity index (χ4n) is 2.31. The van der Waals surface area contributed by atoms with Gasteiger partial charge < -0.3 is 10.1 Å². The van der Waals surface area contributed by atoms with Gasteiger partial charge >= 0.3 is 0 Å². The third-order valence-electron chi connectivity index (χ3n) is 3.52. The Kier molecular flexibility index (Phi) is 4.81. The second kappa shape index (κ2) is 7.37. The molecule has 1 aromatic heterocycles. The number of rotatable bonds is 6. The number of pyridine rings is 1. The number of para-hydroxylation sites is 1. The predicted octanol–water partition coefficient (Wildman–Crippen LogP) is 2.74. The van der Waals surface area contributed by atoms with Gasteiger partial charge in [0.1, 0.15) is 17.0 Å². The van der Waals surface area contributed by atoms with E-state index >= 15 is 0 Å². The number of ether oxygens (including phenoxy) is 1. The highest BCUT2D eigenvalue weighted by atomic mass is 16.5. The molecule has 2 aromatic carbocycles. The van der Waals surface area contributed by atoms with Crippen LogP contribution in [-0.2, 0) is 11.3 Å². The minimum atomic E-state index is -0.220. The summed E-state index contributed by atoms with van der Waals surface area (Å²) in [5.74, 6) is 0.258. The molecule has 0 saturated carbocycles. The summed E-state index contributed by atoms with van der Waals surface area (Å²) >= 11 is 0. The van der Waals surface area contributed by atoms with Gasteiger partial charge in [0.15, 0.2) is 12.9 Å². The molecule has 1 N–H and O–H groups in total. The highest BCUT2D eigenvalue weighted by molar-refractivity contribution is 5.88. The molecule has 1 heterocycles. The van der Waals surface area contributed by atoms with Crippen molar-refractivity contribution >= 4 is 23.1 Å². The Hall–Kier alpha value is -3.21. The topological polar surface area (TPSA) is 68.3 Å². The van der Waals surface area contributed by atoms with E-state index in [1.54, 1.807) is 18.2 Å². The number of hydrogen-bond donors (Lipinski definition) is 1. The number of carbonyl (C=O) groups excluding carboxylic acids is 2. The highest BCUT2D eigenvalue weighted by Gasteiger charge is 2.08. The molecular formula is C19H16N2O3. The molecule has 0 atom stereocenters. The normalized spacial score (nSPS) is 10.3. The van der Waals surface area contributed by atoms with Crippen LogP contribution in [0.25, 0.3) is 10.9 Å². The number of carbonyl (C=O) groups is 2. The van der Waals surface area contributed by atoms with Crippen molar-refractivity contribution in [2.45, 2.75) is 6.54 Å². The van der Waals surface area contributed by atoms with Gasteiger partial charge in [-0.05, 0) is 17.7 Å². The summed E-state index contributed by atoms with van der Waals surface area (Å²) in [5, 5.41) is 3.65. The van der Waals surface area contributed by atoms with Crippen LogP contribution in [0.3, 0.4) is 0 Å². The van der Waals surface area contributed by atoms with Gasteiger partial charge in [0, 0.05) is 11.9 Å². The lowest BCUT2D eigenvalue weighted by molar-refractivity contribution is -0.123. The summed E-state index contributed by atoms with van der Waals surface area (Å²) in [6.07, 6.45) is 0.683. The monoisotopic (exact) mass is 320 g/mol. The average Bonchev–Trinajstić information content (AvgIpc) is 2.65. The molecule has 120 valence electrons. The Balaban J connectivity index is 1.64. The zero-order valence-electron chi connectivity index (χ0n) is 12.9. The molecule has 3 aromatic rings. The Morgan fingerprint density at radius 3 is 2.67 bits per heavy atom. The van der Waals surface area contributed by atoms with Crippen LogP contribution in [0.15, 0.2) is 60.7 Å². The van der Waals surface area contributed by atoms with Gasteiger partial charge in [0.25, 0.3) is 5.91 Å². The number of amides is 1. The van der Waals surface area contributed by atoms with Crippen LogP contribution in [0.5, 0.6) is 5.75 Å². The number of nitrogens with one attached hydrogen (secondary N) is 1. The standard InChI is InChI=1S/C19H16N2O3/c22-12-16-10-9-15-7-4-8-17(19(15)21-16)24-13-18(23)20-11-14-5-2-1-3-6-14/h1-10,12H,11,13H2,(H,20,23). The minimum Gasteiger partial charge on any atom is -0.481 e. The molecule has 0 radical (unpaired) electrons. The van der Waals surface area contributed by atoms with E-state index in [4.69, 9.17) is 4.74 Å². The minimum absolute atomic E-state index is 0.112. The van der Waals surface area contributed by atoms with Gasteiger partial charge in [-0.3, -0.25) is 9.59 Å². The Bertz CT molecular complexity index is 863. The lowest BCUT2D eigenvalue weighted by Crippen LogP contribution is -2.28. The molecule has 0 fully saturated rings. The quantitative estimate of drug-likeness (QED) is 0.709. The maximum Gasteiger partial charge on any atom is 0.258 e. The van der Waals surface area contributed by atoms with Gasteiger partial charge in [-0.2, -0.15) is 0 Å². The van der Waals surface area contributed by atoms with Crippen molar-refractivity contribution in [3.8, 4) is 5.75 Å². The lowest BCUT2D eigenvalue weighted by atomic mass is 10.2. The van der Waals surface area contributed by atoms with Crippen LogP contribution >= 0.6 is 0 Å². The van der Waals surface area contributed by atoms with Crippen molar-refractivity contribution in [1.82, 2.24) is 10.3 Å². The number of benzene rings is 2. The molecule has 0 aliphatic heterocycles. The first-order chi connectivity index (χ1) is 11.8. The van der Waals surface area contributed by atoms with E-state index in [1.807, 2.05) is 42.5 Å². The lowest BCUT2D eigenvalue weighted by Gasteiger charge is -2.09. The van der Waals surface area contributed by atoms with E-state index in [0.29, 0.717) is 29.8 Å². The molecule has 24 heavy (non-hydrogen) atoms. The summed E-state index contributed by atoms with van der Waals surface area (Å²) in [6, 6.07) is 18.5. The molecule has 0 saturated heterocycles. The van der Waals surface area contributed by atoms with Gasteiger partial charge in [-0.25, -0.2) is 4.98 Å². The van der Waals surface area contributed by atoms with Crippen molar-refractivity contribution in [2.75, 3.05) is 6.61 Å². The maximum atomic E-state index is 11.9. The fourth-order valence-corrected chi connectivity index (χ4v) is 2.31. The van der Waals surface area contributed by atoms with Crippen LogP contribution < -0.4 is 10.1 Å². The Morgan fingerprint density at radius 1 is 1.04 bits per heavy atom. The zero-order chi connectivity index (χ0) is 16.8. The van der Waals surface area contributed by atoms with Crippen LogP contribution in [0.2, 0.25) is 0 Å². The second-order valence-corrected chi connectivity index (χ2v) is 5.23. The van der Waals surface area contributed by atoms with Crippen molar-refractivity contribution in [2.24, 2.45) is 0 Å². The molecule has 5 nitrogen and oxygen atoms in total. The van der Waals surface area contributed by atoms with Crippen LogP contribution in [0, 0.1) is 0 Å². The molecule has 1 amide bonds. The zero-order valence-corrected chi connectivity index (χ0v) is 12.9. The first-order valence-corrected chi connectivity index (χ1v) is 7.54. The predicted molar refractivity (Wildman–Crippen MR) is 90.9 cm³/mol. The van der Waals surface area contributed by atoms with E-state index in [-0.39, 0.29) is 12.5 Å². The smallest absolute Gasteiger partial charge is 0.258 e. The molecule has 0 spiro atoms. The van der Waals surface area contributed by atoms with Gasteiger partial charge in [0.05, 0.1) is 0 Å². The summed E-state index contributed by atoms with van der Waals surface area (Å²) in [7, 11) is 0. The molecule has 0 aliphatic rings. The Morgan fingerprint density at radius 2 is 1.88 bits per heavy atom.